The first kappa shape index (κ1) is 33.4. The minimum Gasteiger partial charge on any atom is -0.508 e. The number of fused-ring (bicyclic) bond motifs is 4. The van der Waals surface area contributed by atoms with Gasteiger partial charge in [-0.25, -0.2) is 4.39 Å². The third-order valence-corrected chi connectivity index (χ3v) is 11.9. The number of hydrazine groups is 1. The molecule has 2 heterocycles. The number of amides is 4. The summed E-state index contributed by atoms with van der Waals surface area (Å²) in [6, 6.07) is 24.0. The number of carbonyl (C=O) groups excluding carboxylic acids is 4. The lowest BCUT2D eigenvalue weighted by Gasteiger charge is -2.50. The average molecular weight is 818 g/mol. The third kappa shape index (κ3) is 5.07. The van der Waals surface area contributed by atoms with E-state index in [0.29, 0.717) is 38.8 Å². The second-order valence-corrected chi connectivity index (χ2v) is 15.0. The number of nitrogens with one attached hydrogen (secondary N) is 1. The molecule has 0 radical (unpaired) electrons. The number of ether oxygens (including phenoxy) is 1. The largest absolute Gasteiger partial charge is 0.508 e. The van der Waals surface area contributed by atoms with E-state index in [9.17, 15) is 23.9 Å². The van der Waals surface area contributed by atoms with Gasteiger partial charge < -0.3 is 9.84 Å². The fourth-order valence-corrected chi connectivity index (χ4v) is 9.22. The quantitative estimate of drug-likeness (QED) is 0.123. The number of methoxy groups -OCH3 is 1. The normalized spacial score (nSPS) is 26.8. The van der Waals surface area contributed by atoms with Crippen LogP contribution in [0.3, 0.4) is 0 Å². The summed E-state index contributed by atoms with van der Waals surface area (Å²) in [6.07, 6.45) is 2.23. The Kier molecular flexibility index (Phi) is 8.17. The fraction of sp³-hybridized carbons (Fsp3) is 0.231. The van der Waals surface area contributed by atoms with E-state index in [0.717, 1.165) is 8.58 Å². The second kappa shape index (κ2) is 12.5. The highest BCUT2D eigenvalue weighted by Crippen LogP contribution is 2.65. The van der Waals surface area contributed by atoms with Gasteiger partial charge in [-0.3, -0.25) is 29.5 Å². The Morgan fingerprint density at radius 1 is 0.902 bits per heavy atom. The van der Waals surface area contributed by atoms with Gasteiger partial charge in [-0.15, -0.1) is 0 Å². The first-order chi connectivity index (χ1) is 24.5. The van der Waals surface area contributed by atoms with Crippen LogP contribution in [0.2, 0.25) is 5.02 Å². The summed E-state index contributed by atoms with van der Waals surface area (Å²) in [6.45, 7) is 0. The van der Waals surface area contributed by atoms with Crippen molar-refractivity contribution in [2.75, 3.05) is 17.4 Å². The van der Waals surface area contributed by atoms with Gasteiger partial charge in [-0.05, 0) is 114 Å². The maximum Gasteiger partial charge on any atom is 0.260 e. The lowest BCUT2D eigenvalue weighted by atomic mass is 9.49. The van der Waals surface area contributed by atoms with Gasteiger partial charge in [0, 0.05) is 26.1 Å². The van der Waals surface area contributed by atoms with Crippen molar-refractivity contribution >= 4 is 69.2 Å². The van der Waals surface area contributed by atoms with E-state index in [4.69, 9.17) is 16.3 Å². The first-order valence-electron chi connectivity index (χ1n) is 16.4. The molecule has 6 atom stereocenters. The van der Waals surface area contributed by atoms with Crippen LogP contribution >= 0.6 is 34.2 Å². The zero-order valence-corrected chi connectivity index (χ0v) is 30.0. The maximum absolute atomic E-state index is 15.2. The van der Waals surface area contributed by atoms with Crippen LogP contribution < -0.4 is 15.1 Å². The number of allylic oxidation sites excluding steroid dienone is 2. The predicted octanol–water partition coefficient (Wildman–Crippen LogP) is 6.99. The summed E-state index contributed by atoms with van der Waals surface area (Å²) < 4.78 is 20.2. The van der Waals surface area contributed by atoms with E-state index in [1.54, 1.807) is 48.5 Å². The molecule has 0 aromatic heterocycles. The molecule has 9 nitrogen and oxygen atoms in total. The fourth-order valence-electron chi connectivity index (χ4n) is 8.74. The minimum absolute atomic E-state index is 0.0781. The van der Waals surface area contributed by atoms with Gasteiger partial charge in [0.2, 0.25) is 11.8 Å². The number of nitrogens with zero attached hydrogens (tertiary/aromatic N) is 2. The van der Waals surface area contributed by atoms with Gasteiger partial charge in [0.05, 0.1) is 41.7 Å². The smallest absolute Gasteiger partial charge is 0.260 e. The number of hydrogen-bond acceptors (Lipinski definition) is 7. The number of carbonyl (C=O) groups is 4. The van der Waals surface area contributed by atoms with E-state index in [1.165, 1.54) is 42.3 Å². The van der Waals surface area contributed by atoms with Crippen molar-refractivity contribution in [1.29, 1.82) is 0 Å². The summed E-state index contributed by atoms with van der Waals surface area (Å²) in [5, 5.41) is 13.0. The number of hydrogen-bond donors (Lipinski definition) is 2. The van der Waals surface area contributed by atoms with Crippen LogP contribution in [0.4, 0.5) is 15.8 Å². The number of rotatable bonds is 6. The molecule has 1 saturated carbocycles. The molecule has 2 N–H and O–H groups in total. The Bertz CT molecular complexity index is 2140. The molecule has 12 heteroatoms. The molecule has 0 bridgehead atoms. The monoisotopic (exact) mass is 817 g/mol. The molecular weight excluding hydrogens is 788 g/mol. The second-order valence-electron chi connectivity index (χ2n) is 13.3. The average Bonchev–Trinajstić information content (AvgIpc) is 3.51. The van der Waals surface area contributed by atoms with Crippen molar-refractivity contribution in [2.45, 2.75) is 24.2 Å². The van der Waals surface area contributed by atoms with Gasteiger partial charge in [-0.2, -0.15) is 5.01 Å². The number of imide groups is 2. The summed E-state index contributed by atoms with van der Waals surface area (Å²) in [5.74, 6) is -6.14. The summed E-state index contributed by atoms with van der Waals surface area (Å²) in [7, 11) is 1.47. The van der Waals surface area contributed by atoms with Gasteiger partial charge in [0.15, 0.2) is 0 Å². The van der Waals surface area contributed by atoms with Gasteiger partial charge in [-0.1, -0.05) is 41.4 Å². The van der Waals surface area contributed by atoms with E-state index in [-0.39, 0.29) is 30.4 Å². The highest BCUT2D eigenvalue weighted by atomic mass is 127. The first-order valence-corrected chi connectivity index (χ1v) is 17.9. The van der Waals surface area contributed by atoms with Crippen molar-refractivity contribution in [3.05, 3.63) is 128 Å². The molecule has 2 aliphatic carbocycles. The molecule has 0 spiro atoms. The molecule has 258 valence electrons. The highest BCUT2D eigenvalue weighted by Gasteiger charge is 2.70. The van der Waals surface area contributed by atoms with Crippen LogP contribution in [-0.2, 0) is 24.6 Å². The Balaban J connectivity index is 1.33. The molecule has 4 aliphatic rings. The van der Waals surface area contributed by atoms with Crippen LogP contribution in [0.15, 0.2) is 103 Å². The minimum atomic E-state index is -1.61. The zero-order valence-electron chi connectivity index (χ0n) is 27.1. The number of benzene rings is 4. The Labute approximate surface area is 311 Å². The van der Waals surface area contributed by atoms with Crippen molar-refractivity contribution in [3.8, 4) is 11.5 Å². The number of phenolic OH excluding ortho intramolecular Hbond substituents is 1. The lowest BCUT2D eigenvalue weighted by Crippen LogP contribution is -2.53. The topological polar surface area (TPSA) is 116 Å². The van der Waals surface area contributed by atoms with Crippen molar-refractivity contribution < 1.29 is 33.4 Å². The molecule has 51 heavy (non-hydrogen) atoms. The number of anilines is 2. The standard InChI is InChI=1S/C39H30ClFIN3O6/c1-51-26-14-15-28(32(46)18-26)34-27-16-17-29-33(37(49)44(35(29)47)25-12-8-23(42)9-13-25)30(27)19-31-36(48)45(43-24-10-6-22(41)7-11-24)38(50)39(31,34)20-2-4-21(40)5-3-20/h2-16,18,29-31,33-34,43,46H,17,19H2,1H3/t29-,30+,31-,33-,34+,39+/m0/s1. The maximum atomic E-state index is 15.2. The van der Waals surface area contributed by atoms with Crippen molar-refractivity contribution in [3.63, 3.8) is 0 Å². The Morgan fingerprint density at radius 3 is 2.27 bits per heavy atom. The van der Waals surface area contributed by atoms with E-state index in [1.807, 2.05) is 18.2 Å². The molecule has 2 saturated heterocycles. The van der Waals surface area contributed by atoms with Crippen LogP contribution in [0.1, 0.15) is 29.9 Å². The lowest BCUT2D eigenvalue weighted by molar-refractivity contribution is -0.138. The molecule has 0 unspecified atom stereocenters. The third-order valence-electron chi connectivity index (χ3n) is 10.9. The van der Waals surface area contributed by atoms with Crippen LogP contribution in [-0.4, -0.2) is 40.9 Å². The highest BCUT2D eigenvalue weighted by molar-refractivity contribution is 14.1. The van der Waals surface area contributed by atoms with Crippen LogP contribution in [0.5, 0.6) is 11.5 Å². The summed E-state index contributed by atoms with van der Waals surface area (Å²) in [5.41, 5.74) is 3.64. The molecular formula is C39H30ClFIN3O6. The Hall–Kier alpha value is -4.75. The van der Waals surface area contributed by atoms with E-state index in [2.05, 4.69) is 28.0 Å². The predicted molar refractivity (Wildman–Crippen MR) is 195 cm³/mol. The van der Waals surface area contributed by atoms with Crippen molar-refractivity contribution in [1.82, 2.24) is 5.01 Å². The van der Waals surface area contributed by atoms with Crippen molar-refractivity contribution in [2.24, 2.45) is 23.7 Å². The van der Waals surface area contributed by atoms with E-state index >= 15 is 4.79 Å². The SMILES string of the molecule is COc1ccc([C@H]2C3=CC[C@@H]4C(=O)N(c5ccc(I)cc5)C(=O)[C@@H]4[C@@H]3C[C@H]3C(=O)N(Nc4ccc(F)cc4)C(=O)[C@@]23c2ccc(Cl)cc2)c(O)c1. The molecule has 4 aromatic rings. The van der Waals surface area contributed by atoms with E-state index < -0.39 is 52.6 Å². The molecule has 8 rings (SSSR count). The number of aromatic hydroxyl groups is 1. The molecule has 2 aliphatic heterocycles. The van der Waals surface area contributed by atoms with Gasteiger partial charge in [0.1, 0.15) is 17.3 Å². The molecule has 4 amide bonds. The number of halogens is 3. The van der Waals surface area contributed by atoms with Gasteiger partial charge >= 0.3 is 0 Å². The van der Waals surface area contributed by atoms with Gasteiger partial charge in [0.25, 0.3) is 11.8 Å². The van der Waals surface area contributed by atoms with Crippen LogP contribution in [0, 0.1) is 33.1 Å². The summed E-state index contributed by atoms with van der Waals surface area (Å²) in [4.78, 5) is 59.6. The summed E-state index contributed by atoms with van der Waals surface area (Å²) >= 11 is 8.51. The number of phenols is 1. The molecule has 4 aromatic carbocycles. The zero-order chi connectivity index (χ0) is 35.8. The Morgan fingerprint density at radius 2 is 1.61 bits per heavy atom. The van der Waals surface area contributed by atoms with Crippen LogP contribution in [0.25, 0.3) is 0 Å². The molecule has 3 fully saturated rings.